The second-order valence-corrected chi connectivity index (χ2v) is 7.96. The average Bonchev–Trinajstić information content (AvgIpc) is 2.61. The van der Waals surface area contributed by atoms with Crippen LogP contribution in [0.5, 0.6) is 0 Å². The van der Waals surface area contributed by atoms with Gasteiger partial charge in [0.15, 0.2) is 0 Å². The van der Waals surface area contributed by atoms with Gasteiger partial charge in [-0.3, -0.25) is 4.79 Å². The van der Waals surface area contributed by atoms with Crippen molar-refractivity contribution in [1.29, 1.82) is 0 Å². The monoisotopic (exact) mass is 375 g/mol. The number of para-hydroxylation sites is 1. The first-order valence-corrected chi connectivity index (χ1v) is 9.95. The summed E-state index contributed by atoms with van der Waals surface area (Å²) in [5, 5.41) is 2.87. The first-order valence-electron chi connectivity index (χ1n) is 8.47. The molecule has 1 amide bonds. The van der Waals surface area contributed by atoms with Gasteiger partial charge in [-0.15, -0.1) is 0 Å². The van der Waals surface area contributed by atoms with Gasteiger partial charge < -0.3 is 10.2 Å². The van der Waals surface area contributed by atoms with Gasteiger partial charge in [-0.1, -0.05) is 25.1 Å². The number of likely N-dealkylation sites (N-methyl/N-ethyl adjacent to an activating group) is 1. The number of carbonyl (C=O) groups excluding carboxylic acids is 1. The lowest BCUT2D eigenvalue weighted by atomic mass is 10.1. The Morgan fingerprint density at radius 3 is 2.31 bits per heavy atom. The second kappa shape index (κ2) is 8.93. The molecule has 0 aliphatic rings. The molecule has 26 heavy (non-hydrogen) atoms. The highest BCUT2D eigenvalue weighted by Gasteiger charge is 2.15. The summed E-state index contributed by atoms with van der Waals surface area (Å²) in [5.74, 6) is -0.268. The molecular weight excluding hydrogens is 350 g/mol. The van der Waals surface area contributed by atoms with E-state index in [1.165, 1.54) is 24.3 Å². The molecule has 0 spiro atoms. The Hall–Kier alpha value is -2.22. The van der Waals surface area contributed by atoms with E-state index in [4.69, 9.17) is 0 Å². The molecule has 0 saturated heterocycles. The summed E-state index contributed by atoms with van der Waals surface area (Å²) in [6, 6.07) is 13.5. The molecule has 0 aromatic heterocycles. The highest BCUT2D eigenvalue weighted by atomic mass is 32.2. The topological polar surface area (TPSA) is 78.5 Å². The summed E-state index contributed by atoms with van der Waals surface area (Å²) in [7, 11) is 0.170. The minimum atomic E-state index is -3.58. The summed E-state index contributed by atoms with van der Waals surface area (Å²) in [4.78, 5) is 14.4. The van der Waals surface area contributed by atoms with Crippen LogP contribution in [0.2, 0.25) is 0 Å². The third-order valence-corrected chi connectivity index (χ3v) is 5.40. The van der Waals surface area contributed by atoms with Crippen LogP contribution in [0.3, 0.4) is 0 Å². The predicted molar refractivity (Wildman–Crippen MR) is 104 cm³/mol. The minimum absolute atomic E-state index is 0.141. The van der Waals surface area contributed by atoms with Crippen LogP contribution in [-0.4, -0.2) is 46.4 Å². The predicted octanol–water partition coefficient (Wildman–Crippen LogP) is 2.34. The molecule has 2 N–H and O–H groups in total. The molecule has 0 saturated carbocycles. The van der Waals surface area contributed by atoms with E-state index >= 15 is 0 Å². The fourth-order valence-corrected chi connectivity index (χ4v) is 3.44. The fourth-order valence-electron chi connectivity index (χ4n) is 2.42. The lowest BCUT2D eigenvalue weighted by Gasteiger charge is -2.12. The minimum Gasteiger partial charge on any atom is -0.322 e. The Morgan fingerprint density at radius 2 is 1.69 bits per heavy atom. The number of carbonyl (C=O) groups is 1. The van der Waals surface area contributed by atoms with Crippen LogP contribution in [-0.2, 0) is 16.4 Å². The number of benzene rings is 2. The van der Waals surface area contributed by atoms with Gasteiger partial charge in [0.2, 0.25) is 10.0 Å². The van der Waals surface area contributed by atoms with Crippen LogP contribution in [0.4, 0.5) is 5.69 Å². The Morgan fingerprint density at radius 1 is 1.04 bits per heavy atom. The zero-order valence-corrected chi connectivity index (χ0v) is 16.1. The first-order chi connectivity index (χ1) is 12.3. The molecule has 2 aromatic carbocycles. The number of rotatable bonds is 8. The van der Waals surface area contributed by atoms with Gasteiger partial charge >= 0.3 is 0 Å². The maximum atomic E-state index is 12.4. The van der Waals surface area contributed by atoms with Crippen molar-refractivity contribution in [1.82, 2.24) is 9.62 Å². The van der Waals surface area contributed by atoms with Crippen LogP contribution >= 0.6 is 0 Å². The fraction of sp³-hybridized carbons (Fsp3) is 0.316. The smallest absolute Gasteiger partial charge is 0.255 e. The van der Waals surface area contributed by atoms with Gasteiger partial charge in [0.05, 0.1) is 4.90 Å². The molecule has 2 aromatic rings. The number of sulfonamides is 1. The van der Waals surface area contributed by atoms with E-state index in [0.717, 1.165) is 17.7 Å². The normalized spacial score (nSPS) is 11.5. The summed E-state index contributed by atoms with van der Waals surface area (Å²) in [6.07, 6.45) is 0.812. The Labute approximate surface area is 155 Å². The van der Waals surface area contributed by atoms with Gasteiger partial charge in [0.1, 0.15) is 0 Å². The van der Waals surface area contributed by atoms with Crippen molar-refractivity contribution in [2.45, 2.75) is 18.2 Å². The van der Waals surface area contributed by atoms with E-state index in [1.807, 2.05) is 50.2 Å². The van der Waals surface area contributed by atoms with Gasteiger partial charge in [-0.25, -0.2) is 13.1 Å². The Balaban J connectivity index is 2.07. The zero-order chi connectivity index (χ0) is 19.2. The van der Waals surface area contributed by atoms with Crippen molar-refractivity contribution in [3.63, 3.8) is 0 Å². The van der Waals surface area contributed by atoms with Gasteiger partial charge in [0, 0.05) is 24.3 Å². The lowest BCUT2D eigenvalue weighted by Crippen LogP contribution is -2.31. The molecule has 2 rings (SSSR count). The van der Waals surface area contributed by atoms with Crippen molar-refractivity contribution in [3.05, 3.63) is 59.7 Å². The molecule has 0 bridgehead atoms. The summed E-state index contributed by atoms with van der Waals surface area (Å²) in [6.45, 7) is 2.95. The average molecular weight is 375 g/mol. The zero-order valence-electron chi connectivity index (χ0n) is 15.3. The largest absolute Gasteiger partial charge is 0.322 e. The number of aryl methyl sites for hydroxylation is 1. The van der Waals surface area contributed by atoms with Crippen LogP contribution < -0.4 is 10.0 Å². The molecule has 0 aliphatic heterocycles. The number of hydrogen-bond acceptors (Lipinski definition) is 4. The number of nitrogens with one attached hydrogen (secondary N) is 2. The SMILES string of the molecule is CCc1ccccc1NC(=O)c1ccc(S(=O)(=O)NCCN(C)C)cc1. The second-order valence-electron chi connectivity index (χ2n) is 6.19. The van der Waals surface area contributed by atoms with E-state index < -0.39 is 10.0 Å². The van der Waals surface area contributed by atoms with Crippen molar-refractivity contribution < 1.29 is 13.2 Å². The number of anilines is 1. The molecule has 6 nitrogen and oxygen atoms in total. The summed E-state index contributed by atoms with van der Waals surface area (Å²) in [5.41, 5.74) is 2.22. The van der Waals surface area contributed by atoms with Gasteiger partial charge in [-0.2, -0.15) is 0 Å². The van der Waals surface area contributed by atoms with E-state index in [-0.39, 0.29) is 10.8 Å². The molecule has 0 fully saturated rings. The number of amides is 1. The number of hydrogen-bond donors (Lipinski definition) is 2. The third-order valence-electron chi connectivity index (χ3n) is 3.92. The lowest BCUT2D eigenvalue weighted by molar-refractivity contribution is 0.102. The molecule has 0 unspecified atom stereocenters. The molecule has 0 atom stereocenters. The van der Waals surface area contributed by atoms with Crippen LogP contribution in [0.25, 0.3) is 0 Å². The van der Waals surface area contributed by atoms with E-state index in [9.17, 15) is 13.2 Å². The molecule has 140 valence electrons. The van der Waals surface area contributed by atoms with Crippen molar-refractivity contribution in [2.24, 2.45) is 0 Å². The molecule has 7 heteroatoms. The first kappa shape index (κ1) is 20.1. The van der Waals surface area contributed by atoms with E-state index in [2.05, 4.69) is 10.0 Å². The summed E-state index contributed by atoms with van der Waals surface area (Å²) >= 11 is 0. The third kappa shape index (κ3) is 5.39. The van der Waals surface area contributed by atoms with Gasteiger partial charge in [0.25, 0.3) is 5.91 Å². The Bertz CT molecular complexity index is 847. The molecular formula is C19H25N3O3S. The maximum Gasteiger partial charge on any atom is 0.255 e. The maximum absolute atomic E-state index is 12.4. The van der Waals surface area contributed by atoms with Gasteiger partial charge in [-0.05, 0) is 56.4 Å². The van der Waals surface area contributed by atoms with Crippen molar-refractivity contribution >= 4 is 21.6 Å². The van der Waals surface area contributed by atoms with E-state index in [0.29, 0.717) is 18.7 Å². The highest BCUT2D eigenvalue weighted by molar-refractivity contribution is 7.89. The van der Waals surface area contributed by atoms with Crippen LogP contribution in [0.15, 0.2) is 53.4 Å². The number of nitrogens with zero attached hydrogens (tertiary/aromatic N) is 1. The highest BCUT2D eigenvalue weighted by Crippen LogP contribution is 2.17. The Kier molecular flexibility index (Phi) is 6.90. The summed E-state index contributed by atoms with van der Waals surface area (Å²) < 4.78 is 27.0. The quantitative estimate of drug-likeness (QED) is 0.742. The van der Waals surface area contributed by atoms with E-state index in [1.54, 1.807) is 0 Å². The standard InChI is InChI=1S/C19H25N3O3S/c1-4-15-7-5-6-8-18(15)21-19(23)16-9-11-17(12-10-16)26(24,25)20-13-14-22(2)3/h5-12,20H,4,13-14H2,1-3H3,(H,21,23). The molecule has 0 radical (unpaired) electrons. The molecule has 0 heterocycles. The van der Waals surface area contributed by atoms with Crippen molar-refractivity contribution in [2.75, 3.05) is 32.5 Å². The van der Waals surface area contributed by atoms with Crippen LogP contribution in [0.1, 0.15) is 22.8 Å². The van der Waals surface area contributed by atoms with Crippen molar-refractivity contribution in [3.8, 4) is 0 Å². The molecule has 0 aliphatic carbocycles. The van der Waals surface area contributed by atoms with Crippen LogP contribution in [0, 0.1) is 0 Å².